The molecule has 3 nitrogen and oxygen atoms in total. The lowest BCUT2D eigenvalue weighted by Crippen LogP contribution is -2.43. The summed E-state index contributed by atoms with van der Waals surface area (Å²) in [7, 11) is 0. The summed E-state index contributed by atoms with van der Waals surface area (Å²) in [4.78, 5) is 15.0. The molecule has 118 valence electrons. The van der Waals surface area contributed by atoms with E-state index in [2.05, 4.69) is 10.2 Å². The van der Waals surface area contributed by atoms with Crippen LogP contribution in [0, 0.1) is 11.7 Å². The minimum absolute atomic E-state index is 0.0446. The highest BCUT2D eigenvalue weighted by Gasteiger charge is 2.51. The Bertz CT molecular complexity index is 574. The minimum Gasteiger partial charge on any atom is -0.335 e. The molecule has 0 aromatic heterocycles. The van der Waals surface area contributed by atoms with Crippen molar-refractivity contribution in [2.24, 2.45) is 5.92 Å². The Balaban J connectivity index is 1.53. The summed E-state index contributed by atoms with van der Waals surface area (Å²) in [6.45, 7) is 1.87. The predicted octanol–water partition coefficient (Wildman–Crippen LogP) is 2.94. The van der Waals surface area contributed by atoms with Gasteiger partial charge in [0.25, 0.3) is 0 Å². The van der Waals surface area contributed by atoms with Gasteiger partial charge < -0.3 is 10.2 Å². The summed E-state index contributed by atoms with van der Waals surface area (Å²) in [5, 5.41) is 3.85. The number of rotatable bonds is 2. The van der Waals surface area contributed by atoms with E-state index >= 15 is 0 Å². The van der Waals surface area contributed by atoms with Gasteiger partial charge in [-0.15, -0.1) is 0 Å². The number of carbonyl (C=O) groups excluding carboxylic acids is 1. The Labute approximate surface area is 134 Å². The molecule has 4 unspecified atom stereocenters. The maximum Gasteiger partial charge on any atom is 0.226 e. The summed E-state index contributed by atoms with van der Waals surface area (Å²) < 4.78 is 14.0. The van der Waals surface area contributed by atoms with E-state index in [0.29, 0.717) is 22.7 Å². The Hall–Kier alpha value is -1.13. The number of benzene rings is 1. The average Bonchev–Trinajstić information content (AvgIpc) is 3.17. The van der Waals surface area contributed by atoms with E-state index in [1.807, 2.05) is 0 Å². The quantitative estimate of drug-likeness (QED) is 0.908. The number of nitrogens with one attached hydrogen (secondary N) is 1. The van der Waals surface area contributed by atoms with Crippen molar-refractivity contribution >= 4 is 17.5 Å². The van der Waals surface area contributed by atoms with Crippen molar-refractivity contribution < 1.29 is 9.18 Å². The van der Waals surface area contributed by atoms with Crippen LogP contribution < -0.4 is 5.32 Å². The zero-order chi connectivity index (χ0) is 15.3. The number of hydrogen-bond donors (Lipinski definition) is 1. The molecule has 3 aliphatic rings. The number of carbonyl (C=O) groups is 1. The monoisotopic (exact) mass is 322 g/mol. The number of nitrogens with zero attached hydrogens (tertiary/aromatic N) is 1. The first-order valence-corrected chi connectivity index (χ1v) is 8.51. The molecule has 5 heteroatoms. The maximum atomic E-state index is 14.0. The van der Waals surface area contributed by atoms with E-state index < -0.39 is 0 Å². The van der Waals surface area contributed by atoms with Gasteiger partial charge in [-0.05, 0) is 44.4 Å². The lowest BCUT2D eigenvalue weighted by Gasteiger charge is -2.28. The molecule has 0 radical (unpaired) electrons. The van der Waals surface area contributed by atoms with Crippen LogP contribution in [0.1, 0.15) is 37.2 Å². The van der Waals surface area contributed by atoms with Crippen molar-refractivity contribution in [2.75, 3.05) is 13.1 Å². The first-order chi connectivity index (χ1) is 10.7. The molecule has 3 fully saturated rings. The van der Waals surface area contributed by atoms with Gasteiger partial charge in [-0.25, -0.2) is 4.39 Å². The fourth-order valence-corrected chi connectivity index (χ4v) is 4.49. The summed E-state index contributed by atoms with van der Waals surface area (Å²) in [6, 6.07) is 5.43. The van der Waals surface area contributed by atoms with E-state index in [9.17, 15) is 9.18 Å². The Kier molecular flexibility index (Phi) is 3.61. The summed E-state index contributed by atoms with van der Waals surface area (Å²) >= 11 is 6.14. The number of amides is 1. The molecule has 2 aliphatic heterocycles. The molecular weight excluding hydrogens is 303 g/mol. The first kappa shape index (κ1) is 14.5. The molecule has 2 saturated heterocycles. The van der Waals surface area contributed by atoms with Crippen molar-refractivity contribution in [2.45, 2.75) is 43.7 Å². The zero-order valence-electron chi connectivity index (χ0n) is 12.4. The zero-order valence-corrected chi connectivity index (χ0v) is 13.2. The van der Waals surface area contributed by atoms with Crippen molar-refractivity contribution in [3.63, 3.8) is 0 Å². The lowest BCUT2D eigenvalue weighted by atomic mass is 10.1. The standard InChI is InChI=1S/C17H20ClFN2O/c18-14-2-1-3-15(19)16(14)12-8-13(12)17(22)21-10-4-5-11(21)9-20-7-6-10/h1-3,10-13,20H,4-9H2. The fraction of sp³-hybridized carbons (Fsp3) is 0.588. The van der Waals surface area contributed by atoms with Crippen molar-refractivity contribution in [1.82, 2.24) is 10.2 Å². The lowest BCUT2D eigenvalue weighted by molar-refractivity contribution is -0.135. The van der Waals surface area contributed by atoms with Gasteiger partial charge in [0, 0.05) is 41.1 Å². The van der Waals surface area contributed by atoms with Crippen molar-refractivity contribution in [1.29, 1.82) is 0 Å². The van der Waals surface area contributed by atoms with Gasteiger partial charge in [-0.2, -0.15) is 0 Å². The first-order valence-electron chi connectivity index (χ1n) is 8.13. The van der Waals surface area contributed by atoms with E-state index in [4.69, 9.17) is 11.6 Å². The molecule has 22 heavy (non-hydrogen) atoms. The Morgan fingerprint density at radius 3 is 2.91 bits per heavy atom. The molecule has 0 spiro atoms. The highest BCUT2D eigenvalue weighted by Crippen LogP contribution is 2.52. The fourth-order valence-electron chi connectivity index (χ4n) is 4.19. The molecule has 1 aromatic carbocycles. The molecule has 1 N–H and O–H groups in total. The van der Waals surface area contributed by atoms with Crippen LogP contribution in [0.2, 0.25) is 5.02 Å². The van der Waals surface area contributed by atoms with Gasteiger partial charge in [-0.3, -0.25) is 4.79 Å². The highest BCUT2D eigenvalue weighted by molar-refractivity contribution is 6.31. The third-order valence-electron chi connectivity index (χ3n) is 5.39. The van der Waals surface area contributed by atoms with Crippen LogP contribution in [0.3, 0.4) is 0 Å². The largest absolute Gasteiger partial charge is 0.335 e. The van der Waals surface area contributed by atoms with E-state index in [1.54, 1.807) is 12.1 Å². The second kappa shape index (κ2) is 5.50. The van der Waals surface area contributed by atoms with Gasteiger partial charge in [0.05, 0.1) is 0 Å². The van der Waals surface area contributed by atoms with Crippen molar-refractivity contribution in [3.05, 3.63) is 34.6 Å². The minimum atomic E-state index is -0.284. The molecule has 4 rings (SSSR count). The maximum absolute atomic E-state index is 14.0. The van der Waals surface area contributed by atoms with Crippen LogP contribution in [0.4, 0.5) is 4.39 Å². The third kappa shape index (κ3) is 2.33. The number of halogens is 2. The summed E-state index contributed by atoms with van der Waals surface area (Å²) in [5.74, 6) is -0.207. The smallest absolute Gasteiger partial charge is 0.226 e. The van der Waals surface area contributed by atoms with E-state index in [1.165, 1.54) is 6.07 Å². The van der Waals surface area contributed by atoms with Gasteiger partial charge in [0.15, 0.2) is 0 Å². The molecule has 1 saturated carbocycles. The van der Waals surface area contributed by atoms with Gasteiger partial charge in [-0.1, -0.05) is 17.7 Å². The second-order valence-electron chi connectivity index (χ2n) is 6.71. The summed E-state index contributed by atoms with van der Waals surface area (Å²) in [5.41, 5.74) is 0.530. The van der Waals surface area contributed by atoms with Crippen molar-refractivity contribution in [3.8, 4) is 0 Å². The van der Waals surface area contributed by atoms with E-state index in [0.717, 1.165) is 38.8 Å². The van der Waals surface area contributed by atoms with Crippen LogP contribution in [-0.2, 0) is 4.79 Å². The van der Waals surface area contributed by atoms with E-state index in [-0.39, 0.29) is 23.6 Å². The van der Waals surface area contributed by atoms with Crippen LogP contribution >= 0.6 is 11.6 Å². The van der Waals surface area contributed by atoms with Crippen LogP contribution in [0.15, 0.2) is 18.2 Å². The normalized spacial score (nSPS) is 33.6. The third-order valence-corrected chi connectivity index (χ3v) is 5.72. The SMILES string of the molecule is O=C(C1CC1c1c(F)cccc1Cl)N1C2CCNCC1CC2. The molecule has 2 heterocycles. The molecular formula is C17H20ClFN2O. The molecule has 1 aliphatic carbocycles. The van der Waals surface area contributed by atoms with Crippen LogP contribution in [-0.4, -0.2) is 36.0 Å². The van der Waals surface area contributed by atoms with Gasteiger partial charge >= 0.3 is 0 Å². The average molecular weight is 323 g/mol. The highest BCUT2D eigenvalue weighted by atomic mass is 35.5. The predicted molar refractivity (Wildman–Crippen MR) is 83.4 cm³/mol. The molecule has 1 aromatic rings. The second-order valence-corrected chi connectivity index (χ2v) is 7.11. The summed E-state index contributed by atoms with van der Waals surface area (Å²) in [6.07, 6.45) is 3.94. The Morgan fingerprint density at radius 1 is 1.27 bits per heavy atom. The molecule has 2 bridgehead atoms. The Morgan fingerprint density at radius 2 is 2.09 bits per heavy atom. The number of hydrogen-bond acceptors (Lipinski definition) is 2. The molecule has 1 amide bonds. The number of fused-ring (bicyclic) bond motifs is 2. The molecule has 4 atom stereocenters. The van der Waals surface area contributed by atoms with Crippen LogP contribution in [0.25, 0.3) is 0 Å². The van der Waals surface area contributed by atoms with Gasteiger partial charge in [0.2, 0.25) is 5.91 Å². The topological polar surface area (TPSA) is 32.3 Å². The van der Waals surface area contributed by atoms with Crippen LogP contribution in [0.5, 0.6) is 0 Å². The van der Waals surface area contributed by atoms with Gasteiger partial charge in [0.1, 0.15) is 5.82 Å².